The van der Waals surface area contributed by atoms with Crippen LogP contribution in [0.5, 0.6) is 0 Å². The van der Waals surface area contributed by atoms with Crippen molar-refractivity contribution in [3.05, 3.63) is 65.7 Å². The summed E-state index contributed by atoms with van der Waals surface area (Å²) in [5, 5.41) is 2.61. The highest BCUT2D eigenvalue weighted by Crippen LogP contribution is 2.21. The van der Waals surface area contributed by atoms with Gasteiger partial charge in [0.05, 0.1) is 5.69 Å². The second-order valence-electron chi connectivity index (χ2n) is 7.68. The third kappa shape index (κ3) is 6.08. The Balaban J connectivity index is 2.46. The van der Waals surface area contributed by atoms with Crippen LogP contribution in [0.25, 0.3) is 0 Å². The number of hydrogen-bond acceptors (Lipinski definition) is 4. The molecule has 8 nitrogen and oxygen atoms in total. The first-order valence-electron chi connectivity index (χ1n) is 10.4. The van der Waals surface area contributed by atoms with Gasteiger partial charge in [-0.2, -0.15) is 12.7 Å². The number of amides is 2. The summed E-state index contributed by atoms with van der Waals surface area (Å²) in [4.78, 5) is 27.5. The van der Waals surface area contributed by atoms with Gasteiger partial charge in [0.25, 0.3) is 0 Å². The second-order valence-corrected chi connectivity index (χ2v) is 9.75. The number of anilines is 1. The third-order valence-corrected chi connectivity index (χ3v) is 6.95. The Kier molecular flexibility index (Phi) is 8.80. The molecule has 9 heteroatoms. The van der Waals surface area contributed by atoms with Crippen LogP contribution in [0.2, 0.25) is 0 Å². The van der Waals surface area contributed by atoms with Crippen molar-refractivity contribution in [3.63, 3.8) is 0 Å². The fourth-order valence-electron chi connectivity index (χ4n) is 3.40. The van der Waals surface area contributed by atoms with Crippen molar-refractivity contribution >= 4 is 27.7 Å². The third-order valence-electron chi connectivity index (χ3n) is 5.13. The van der Waals surface area contributed by atoms with Gasteiger partial charge < -0.3 is 10.2 Å². The molecule has 0 saturated heterocycles. The first-order chi connectivity index (χ1) is 15.1. The fourth-order valence-corrected chi connectivity index (χ4v) is 4.46. The molecule has 0 spiro atoms. The van der Waals surface area contributed by atoms with E-state index in [1.807, 2.05) is 38.1 Å². The number of benzene rings is 2. The van der Waals surface area contributed by atoms with E-state index in [1.54, 1.807) is 30.3 Å². The number of carbonyl (C=O) groups is 2. The quantitative estimate of drug-likeness (QED) is 0.588. The highest BCUT2D eigenvalue weighted by molar-refractivity contribution is 7.90. The molecular weight excluding hydrogens is 428 g/mol. The van der Waals surface area contributed by atoms with E-state index < -0.39 is 28.7 Å². The number of aryl methyl sites for hydroxylation is 1. The van der Waals surface area contributed by atoms with E-state index in [4.69, 9.17) is 0 Å². The predicted octanol–water partition coefficient (Wildman–Crippen LogP) is 2.16. The van der Waals surface area contributed by atoms with E-state index in [2.05, 4.69) is 5.32 Å². The average molecular weight is 461 g/mol. The van der Waals surface area contributed by atoms with Crippen molar-refractivity contribution in [2.45, 2.75) is 32.9 Å². The first kappa shape index (κ1) is 25.4. The van der Waals surface area contributed by atoms with Gasteiger partial charge in [0.2, 0.25) is 11.8 Å². The summed E-state index contributed by atoms with van der Waals surface area (Å²) in [7, 11) is 0.414. The van der Waals surface area contributed by atoms with Gasteiger partial charge in [-0.3, -0.25) is 9.59 Å². The van der Waals surface area contributed by atoms with E-state index in [0.717, 1.165) is 19.7 Å². The van der Waals surface area contributed by atoms with E-state index in [0.29, 0.717) is 12.1 Å². The number of para-hydroxylation sites is 1. The fraction of sp³-hybridized carbons (Fsp3) is 0.391. The van der Waals surface area contributed by atoms with Gasteiger partial charge in [-0.1, -0.05) is 55.0 Å². The molecule has 0 heterocycles. The van der Waals surface area contributed by atoms with Crippen LogP contribution in [-0.2, 0) is 26.3 Å². The molecule has 2 aromatic rings. The van der Waals surface area contributed by atoms with Gasteiger partial charge in [0.15, 0.2) is 0 Å². The molecule has 32 heavy (non-hydrogen) atoms. The lowest BCUT2D eigenvalue weighted by Gasteiger charge is -2.33. The average Bonchev–Trinajstić information content (AvgIpc) is 2.77. The van der Waals surface area contributed by atoms with Crippen LogP contribution in [0.3, 0.4) is 0 Å². The van der Waals surface area contributed by atoms with Crippen LogP contribution < -0.4 is 9.62 Å². The first-order valence-corrected chi connectivity index (χ1v) is 11.8. The standard InChI is InChI=1S/C23H32N4O4S/c1-6-21(23(29)24-3)26(16-19-12-10-11-18(2)15-19)22(28)17-27(32(30,31)25(4)5)20-13-8-7-9-14-20/h7-15,21H,6,16-17H2,1-5H3,(H,24,29). The maximum atomic E-state index is 13.5. The van der Waals surface area contributed by atoms with Gasteiger partial charge in [-0.15, -0.1) is 0 Å². The number of likely N-dealkylation sites (N-methyl/N-ethyl adjacent to an activating group) is 1. The molecule has 0 aromatic heterocycles. The number of nitrogens with one attached hydrogen (secondary N) is 1. The Bertz CT molecular complexity index is 1030. The zero-order valence-electron chi connectivity index (χ0n) is 19.3. The lowest BCUT2D eigenvalue weighted by molar-refractivity contribution is -0.140. The van der Waals surface area contributed by atoms with E-state index in [-0.39, 0.29) is 12.5 Å². The smallest absolute Gasteiger partial charge is 0.304 e. The highest BCUT2D eigenvalue weighted by Gasteiger charge is 2.33. The van der Waals surface area contributed by atoms with Crippen LogP contribution in [0.15, 0.2) is 54.6 Å². The number of rotatable bonds is 10. The zero-order valence-corrected chi connectivity index (χ0v) is 20.1. The van der Waals surface area contributed by atoms with E-state index in [9.17, 15) is 18.0 Å². The number of carbonyl (C=O) groups excluding carboxylic acids is 2. The van der Waals surface area contributed by atoms with Gasteiger partial charge in [0, 0.05) is 27.7 Å². The molecule has 0 aliphatic rings. The lowest BCUT2D eigenvalue weighted by atomic mass is 10.1. The molecule has 0 saturated carbocycles. The van der Waals surface area contributed by atoms with Crippen molar-refractivity contribution in [2.75, 3.05) is 32.0 Å². The molecule has 0 aliphatic carbocycles. The largest absolute Gasteiger partial charge is 0.357 e. The van der Waals surface area contributed by atoms with Crippen molar-refractivity contribution in [2.24, 2.45) is 0 Å². The Morgan fingerprint density at radius 2 is 1.69 bits per heavy atom. The van der Waals surface area contributed by atoms with Crippen molar-refractivity contribution < 1.29 is 18.0 Å². The summed E-state index contributed by atoms with van der Waals surface area (Å²) in [6.45, 7) is 3.54. The minimum absolute atomic E-state index is 0.192. The monoisotopic (exact) mass is 460 g/mol. The van der Waals surface area contributed by atoms with Gasteiger partial charge >= 0.3 is 10.2 Å². The maximum Gasteiger partial charge on any atom is 0.304 e. The molecule has 0 aliphatic heterocycles. The predicted molar refractivity (Wildman–Crippen MR) is 126 cm³/mol. The van der Waals surface area contributed by atoms with Crippen molar-refractivity contribution in [3.8, 4) is 0 Å². The van der Waals surface area contributed by atoms with Crippen LogP contribution in [0.4, 0.5) is 5.69 Å². The Hall–Kier alpha value is -2.91. The summed E-state index contributed by atoms with van der Waals surface area (Å²) in [5.41, 5.74) is 2.27. The maximum absolute atomic E-state index is 13.5. The molecule has 0 fully saturated rings. The lowest BCUT2D eigenvalue weighted by Crippen LogP contribution is -2.52. The number of hydrogen-bond donors (Lipinski definition) is 1. The van der Waals surface area contributed by atoms with Gasteiger partial charge in [-0.25, -0.2) is 4.31 Å². The molecule has 0 bridgehead atoms. The SMILES string of the molecule is CCC(C(=O)NC)N(Cc1cccc(C)c1)C(=O)CN(c1ccccc1)S(=O)(=O)N(C)C. The summed E-state index contributed by atoms with van der Waals surface area (Å²) in [6, 6.07) is 15.4. The Morgan fingerprint density at radius 3 is 2.22 bits per heavy atom. The Morgan fingerprint density at radius 1 is 1.03 bits per heavy atom. The van der Waals surface area contributed by atoms with Crippen molar-refractivity contribution in [1.82, 2.24) is 14.5 Å². The van der Waals surface area contributed by atoms with Crippen molar-refractivity contribution in [1.29, 1.82) is 0 Å². The molecule has 2 rings (SSSR count). The van der Waals surface area contributed by atoms with Crippen LogP contribution in [0.1, 0.15) is 24.5 Å². The van der Waals surface area contributed by atoms with Gasteiger partial charge in [-0.05, 0) is 31.0 Å². The minimum Gasteiger partial charge on any atom is -0.357 e. The van der Waals surface area contributed by atoms with E-state index in [1.165, 1.54) is 26.0 Å². The summed E-state index contributed by atoms with van der Waals surface area (Å²) < 4.78 is 28.2. The topological polar surface area (TPSA) is 90.0 Å². The highest BCUT2D eigenvalue weighted by atomic mass is 32.2. The molecule has 1 unspecified atom stereocenters. The van der Waals surface area contributed by atoms with Crippen LogP contribution in [0, 0.1) is 6.92 Å². The molecule has 2 aromatic carbocycles. The molecule has 174 valence electrons. The van der Waals surface area contributed by atoms with E-state index >= 15 is 0 Å². The summed E-state index contributed by atoms with van der Waals surface area (Å²) >= 11 is 0. The molecular formula is C23H32N4O4S. The molecule has 1 N–H and O–H groups in total. The van der Waals surface area contributed by atoms with Crippen LogP contribution in [-0.4, -0.2) is 63.2 Å². The number of nitrogens with zero attached hydrogens (tertiary/aromatic N) is 3. The molecule has 0 radical (unpaired) electrons. The normalized spacial score (nSPS) is 12.3. The molecule has 2 amide bonds. The zero-order chi connectivity index (χ0) is 23.9. The Labute approximate surface area is 191 Å². The second kappa shape index (κ2) is 11.1. The summed E-state index contributed by atoms with van der Waals surface area (Å²) in [6.07, 6.45) is 0.392. The van der Waals surface area contributed by atoms with Gasteiger partial charge in [0.1, 0.15) is 12.6 Å². The minimum atomic E-state index is -3.94. The van der Waals surface area contributed by atoms with Crippen LogP contribution >= 0.6 is 0 Å². The molecule has 1 atom stereocenters. The summed E-state index contributed by atoms with van der Waals surface area (Å²) in [5.74, 6) is -0.758.